The van der Waals surface area contributed by atoms with Crippen molar-refractivity contribution in [2.24, 2.45) is 0 Å². The quantitative estimate of drug-likeness (QED) is 0.541. The summed E-state index contributed by atoms with van der Waals surface area (Å²) in [4.78, 5) is 0. The molecule has 0 rings (SSSR count). The fraction of sp³-hybridized carbons (Fsp3) is 1.00. The van der Waals surface area contributed by atoms with Gasteiger partial charge >= 0.3 is 0 Å². The average Bonchev–Trinajstić information content (AvgIpc) is 2.23. The van der Waals surface area contributed by atoms with Gasteiger partial charge in [-0.05, 0) is 33.2 Å². The Bertz CT molecular complexity index is 266. The Hall–Kier alpha value is -0.170. The summed E-state index contributed by atoms with van der Waals surface area (Å²) in [6.07, 6.45) is 1.94. The van der Waals surface area contributed by atoms with Gasteiger partial charge in [-0.15, -0.1) is 0 Å². The number of rotatable bonds is 11. The Kier molecular flexibility index (Phi) is 9.72. The van der Waals surface area contributed by atoms with Gasteiger partial charge in [-0.3, -0.25) is 0 Å². The molecule has 0 radical (unpaired) electrons. The van der Waals surface area contributed by atoms with Crippen molar-refractivity contribution in [3.05, 3.63) is 0 Å². The van der Waals surface area contributed by atoms with Gasteiger partial charge in [0.25, 0.3) is 0 Å². The monoisotopic (exact) mass is 266 g/mol. The summed E-state index contributed by atoms with van der Waals surface area (Å²) >= 11 is 0. The van der Waals surface area contributed by atoms with Crippen LogP contribution in [0.2, 0.25) is 0 Å². The maximum atomic E-state index is 11.5. The molecule has 0 aliphatic rings. The highest BCUT2D eigenvalue weighted by Crippen LogP contribution is 1.94. The first kappa shape index (κ1) is 16.8. The van der Waals surface area contributed by atoms with Gasteiger partial charge in [-0.25, -0.2) is 13.1 Å². The highest BCUT2D eigenvalue weighted by atomic mass is 32.2. The molecule has 0 atom stereocenters. The summed E-state index contributed by atoms with van der Waals surface area (Å²) in [5.74, 6) is 0.142. The van der Waals surface area contributed by atoms with Gasteiger partial charge in [0.2, 0.25) is 10.0 Å². The van der Waals surface area contributed by atoms with E-state index in [1.165, 1.54) is 0 Å². The topological polar surface area (TPSA) is 67.4 Å². The molecule has 2 N–H and O–H groups in total. The molecule has 0 aromatic carbocycles. The van der Waals surface area contributed by atoms with Crippen LogP contribution in [0.15, 0.2) is 0 Å². The molecule has 17 heavy (non-hydrogen) atoms. The second-order valence-electron chi connectivity index (χ2n) is 4.19. The van der Waals surface area contributed by atoms with Crippen molar-refractivity contribution >= 4 is 10.0 Å². The molecule has 6 heteroatoms. The van der Waals surface area contributed by atoms with E-state index in [0.717, 1.165) is 19.4 Å². The molecule has 0 fully saturated rings. The lowest BCUT2D eigenvalue weighted by molar-refractivity contribution is 0.0762. The zero-order chi connectivity index (χ0) is 13.1. The molecule has 0 aliphatic heterocycles. The van der Waals surface area contributed by atoms with Crippen LogP contribution in [0.1, 0.15) is 33.6 Å². The average molecular weight is 266 g/mol. The summed E-state index contributed by atoms with van der Waals surface area (Å²) in [5.41, 5.74) is 0. The lowest BCUT2D eigenvalue weighted by Crippen LogP contribution is -2.32. The smallest absolute Gasteiger partial charge is 0.212 e. The van der Waals surface area contributed by atoms with E-state index in [-0.39, 0.29) is 11.9 Å². The molecule has 104 valence electrons. The summed E-state index contributed by atoms with van der Waals surface area (Å²) in [6.45, 7) is 8.42. The largest absolute Gasteiger partial charge is 0.379 e. The minimum atomic E-state index is -3.11. The predicted molar refractivity (Wildman–Crippen MR) is 70.7 cm³/mol. The van der Waals surface area contributed by atoms with Crippen molar-refractivity contribution < 1.29 is 13.2 Å². The first-order chi connectivity index (χ1) is 7.98. The van der Waals surface area contributed by atoms with Crippen LogP contribution < -0.4 is 10.0 Å². The van der Waals surface area contributed by atoms with Crippen molar-refractivity contribution in [3.8, 4) is 0 Å². The third-order valence-electron chi connectivity index (χ3n) is 2.14. The molecule has 0 bridgehead atoms. The molecule has 0 aromatic rings. The molecule has 5 nitrogen and oxygen atoms in total. The summed E-state index contributed by atoms with van der Waals surface area (Å²) in [5, 5.41) is 2.99. The molecular formula is C11H26N2O3S. The minimum absolute atomic E-state index is 0.142. The van der Waals surface area contributed by atoms with E-state index in [0.29, 0.717) is 19.7 Å². The third-order valence-corrected chi connectivity index (χ3v) is 3.53. The standard InChI is InChI=1S/C11H26N2O3S/c1-4-12-8-10-17(14,15)13-7-5-6-9-16-11(2)3/h11-13H,4-10H2,1-3H3. The Balaban J connectivity index is 3.46. The van der Waals surface area contributed by atoms with Gasteiger partial charge in [-0.2, -0.15) is 0 Å². The molecular weight excluding hydrogens is 240 g/mol. The summed E-state index contributed by atoms with van der Waals surface area (Å²) in [6, 6.07) is 0. The van der Waals surface area contributed by atoms with E-state index in [4.69, 9.17) is 4.74 Å². The number of unbranched alkanes of at least 4 members (excludes halogenated alkanes) is 1. The van der Waals surface area contributed by atoms with Crippen molar-refractivity contribution in [2.75, 3.05) is 32.0 Å². The number of sulfonamides is 1. The second-order valence-corrected chi connectivity index (χ2v) is 6.12. The van der Waals surface area contributed by atoms with Gasteiger partial charge in [0.1, 0.15) is 0 Å². The lowest BCUT2D eigenvalue weighted by atomic mass is 10.3. The zero-order valence-corrected chi connectivity index (χ0v) is 12.0. The molecule has 0 saturated heterocycles. The Morgan fingerprint density at radius 3 is 2.47 bits per heavy atom. The van der Waals surface area contributed by atoms with Gasteiger partial charge in [-0.1, -0.05) is 6.92 Å². The van der Waals surface area contributed by atoms with E-state index in [9.17, 15) is 8.42 Å². The van der Waals surface area contributed by atoms with Crippen LogP contribution in [0.4, 0.5) is 0 Å². The number of hydrogen-bond donors (Lipinski definition) is 2. The van der Waals surface area contributed by atoms with Crippen LogP contribution in [0.5, 0.6) is 0 Å². The number of nitrogens with one attached hydrogen (secondary N) is 2. The van der Waals surface area contributed by atoms with Crippen LogP contribution in [0.25, 0.3) is 0 Å². The number of hydrogen-bond acceptors (Lipinski definition) is 4. The third kappa shape index (κ3) is 12.1. The van der Waals surface area contributed by atoms with Gasteiger partial charge in [0.05, 0.1) is 11.9 Å². The molecule has 0 aliphatic carbocycles. The van der Waals surface area contributed by atoms with Gasteiger partial charge in [0.15, 0.2) is 0 Å². The van der Waals surface area contributed by atoms with Crippen LogP contribution in [-0.4, -0.2) is 46.5 Å². The van der Waals surface area contributed by atoms with E-state index in [1.54, 1.807) is 0 Å². The molecule has 0 aromatic heterocycles. The minimum Gasteiger partial charge on any atom is -0.379 e. The second kappa shape index (κ2) is 9.82. The van der Waals surface area contributed by atoms with Gasteiger partial charge < -0.3 is 10.1 Å². The van der Waals surface area contributed by atoms with Crippen LogP contribution in [-0.2, 0) is 14.8 Å². The van der Waals surface area contributed by atoms with E-state index in [1.807, 2.05) is 20.8 Å². The van der Waals surface area contributed by atoms with Crippen LogP contribution in [0.3, 0.4) is 0 Å². The Morgan fingerprint density at radius 2 is 1.88 bits per heavy atom. The zero-order valence-electron chi connectivity index (χ0n) is 11.2. The van der Waals surface area contributed by atoms with Crippen LogP contribution >= 0.6 is 0 Å². The van der Waals surface area contributed by atoms with Crippen molar-refractivity contribution in [3.63, 3.8) is 0 Å². The Morgan fingerprint density at radius 1 is 1.18 bits per heavy atom. The van der Waals surface area contributed by atoms with Gasteiger partial charge in [0, 0.05) is 19.7 Å². The molecule has 0 heterocycles. The number of ether oxygens (including phenoxy) is 1. The van der Waals surface area contributed by atoms with Crippen molar-refractivity contribution in [2.45, 2.75) is 39.7 Å². The van der Waals surface area contributed by atoms with Crippen molar-refractivity contribution in [1.29, 1.82) is 0 Å². The van der Waals surface area contributed by atoms with E-state index in [2.05, 4.69) is 10.0 Å². The maximum Gasteiger partial charge on any atom is 0.212 e. The molecule has 0 spiro atoms. The fourth-order valence-electron chi connectivity index (χ4n) is 1.23. The Labute approximate surface area is 105 Å². The van der Waals surface area contributed by atoms with E-state index < -0.39 is 10.0 Å². The first-order valence-corrected chi connectivity index (χ1v) is 7.93. The SMILES string of the molecule is CCNCCS(=O)(=O)NCCCCOC(C)C. The summed E-state index contributed by atoms with van der Waals surface area (Å²) in [7, 11) is -3.11. The first-order valence-electron chi connectivity index (χ1n) is 6.27. The fourth-order valence-corrected chi connectivity index (χ4v) is 2.24. The van der Waals surface area contributed by atoms with Crippen molar-refractivity contribution in [1.82, 2.24) is 10.0 Å². The summed E-state index contributed by atoms with van der Waals surface area (Å²) < 4.78 is 30.9. The maximum absolute atomic E-state index is 11.5. The molecule has 0 saturated carbocycles. The normalized spacial score (nSPS) is 12.2. The lowest BCUT2D eigenvalue weighted by Gasteiger charge is -2.08. The molecule has 0 amide bonds. The predicted octanol–water partition coefficient (Wildman–Crippen LogP) is 0.721. The highest BCUT2D eigenvalue weighted by molar-refractivity contribution is 7.89. The van der Waals surface area contributed by atoms with Crippen LogP contribution in [0, 0.1) is 0 Å². The molecule has 0 unspecified atom stereocenters. The van der Waals surface area contributed by atoms with E-state index >= 15 is 0 Å². The highest BCUT2D eigenvalue weighted by Gasteiger charge is 2.07.